The number of hydrogen-bond donors (Lipinski definition) is 0. The van der Waals surface area contributed by atoms with Crippen LogP contribution in [0.25, 0.3) is 11.4 Å². The first kappa shape index (κ1) is 17.7. The fourth-order valence-electron chi connectivity index (χ4n) is 2.54. The molecule has 2 aromatic carbocycles. The Hall–Kier alpha value is -3.13. The summed E-state index contributed by atoms with van der Waals surface area (Å²) in [6.45, 7) is 2.38. The summed E-state index contributed by atoms with van der Waals surface area (Å²) >= 11 is 0. The smallest absolute Gasteiger partial charge is 0.270 e. The molecule has 3 aromatic rings. The number of non-ortho nitro benzene ring substituents is 1. The Kier molecular flexibility index (Phi) is 5.04. The zero-order valence-corrected chi connectivity index (χ0v) is 14.3. The second-order valence-electron chi connectivity index (χ2n) is 5.96. The molecule has 134 valence electrons. The zero-order valence-electron chi connectivity index (χ0n) is 14.3. The molecule has 0 aliphatic heterocycles. The molecule has 0 radical (unpaired) electrons. The van der Waals surface area contributed by atoms with Crippen molar-refractivity contribution < 1.29 is 13.8 Å². The molecule has 0 saturated heterocycles. The molecule has 0 fully saturated rings. The average Bonchev–Trinajstić information content (AvgIpc) is 3.10. The van der Waals surface area contributed by atoms with Crippen molar-refractivity contribution in [2.24, 2.45) is 0 Å². The van der Waals surface area contributed by atoms with Crippen LogP contribution < -0.4 is 0 Å². The van der Waals surface area contributed by atoms with E-state index in [1.807, 2.05) is 18.9 Å². The monoisotopic (exact) mass is 356 g/mol. The van der Waals surface area contributed by atoms with Crippen LogP contribution in [0.5, 0.6) is 0 Å². The molecule has 0 amide bonds. The van der Waals surface area contributed by atoms with Gasteiger partial charge >= 0.3 is 0 Å². The number of halogens is 1. The Morgan fingerprint density at radius 2 is 2.00 bits per heavy atom. The lowest BCUT2D eigenvalue weighted by Crippen LogP contribution is -2.22. The van der Waals surface area contributed by atoms with Crippen molar-refractivity contribution in [3.8, 4) is 11.4 Å². The van der Waals surface area contributed by atoms with Gasteiger partial charge in [0.15, 0.2) is 0 Å². The van der Waals surface area contributed by atoms with E-state index in [1.54, 1.807) is 24.3 Å². The van der Waals surface area contributed by atoms with Gasteiger partial charge in [0, 0.05) is 23.7 Å². The molecule has 0 saturated carbocycles. The van der Waals surface area contributed by atoms with Gasteiger partial charge < -0.3 is 4.52 Å². The van der Waals surface area contributed by atoms with E-state index in [2.05, 4.69) is 10.1 Å². The van der Waals surface area contributed by atoms with Gasteiger partial charge in [0.2, 0.25) is 11.7 Å². The number of nitrogens with zero attached hydrogens (tertiary/aromatic N) is 4. The fraction of sp³-hybridized carbons (Fsp3) is 0.222. The number of benzene rings is 2. The van der Waals surface area contributed by atoms with E-state index in [-0.39, 0.29) is 17.5 Å². The molecular weight excluding hydrogens is 339 g/mol. The van der Waals surface area contributed by atoms with Crippen LogP contribution in [0.1, 0.15) is 24.4 Å². The summed E-state index contributed by atoms with van der Waals surface area (Å²) < 4.78 is 18.3. The normalized spacial score (nSPS) is 12.3. The van der Waals surface area contributed by atoms with Crippen LogP contribution in [-0.4, -0.2) is 27.0 Å². The van der Waals surface area contributed by atoms with Gasteiger partial charge in [0.1, 0.15) is 5.82 Å². The van der Waals surface area contributed by atoms with E-state index >= 15 is 0 Å². The lowest BCUT2D eigenvalue weighted by Gasteiger charge is -2.23. The molecule has 26 heavy (non-hydrogen) atoms. The van der Waals surface area contributed by atoms with Crippen LogP contribution in [0.3, 0.4) is 0 Å². The molecule has 0 unspecified atom stereocenters. The molecule has 0 bridgehead atoms. The molecule has 8 heteroatoms. The van der Waals surface area contributed by atoms with Gasteiger partial charge in [-0.1, -0.05) is 29.4 Å². The highest BCUT2D eigenvalue weighted by Crippen LogP contribution is 2.23. The topological polar surface area (TPSA) is 85.3 Å². The van der Waals surface area contributed by atoms with Gasteiger partial charge in [-0.15, -0.1) is 0 Å². The summed E-state index contributed by atoms with van der Waals surface area (Å²) in [5, 5.41) is 14.8. The third-order valence-electron chi connectivity index (χ3n) is 4.18. The van der Waals surface area contributed by atoms with E-state index in [0.717, 1.165) is 5.56 Å². The summed E-state index contributed by atoms with van der Waals surface area (Å²) in [4.78, 5) is 16.7. The maximum atomic E-state index is 13.1. The summed E-state index contributed by atoms with van der Waals surface area (Å²) in [6, 6.07) is 12.4. The summed E-state index contributed by atoms with van der Waals surface area (Å²) in [5.74, 6) is 0.414. The van der Waals surface area contributed by atoms with Crippen LogP contribution in [0.4, 0.5) is 10.1 Å². The zero-order chi connectivity index (χ0) is 18.7. The van der Waals surface area contributed by atoms with Crippen molar-refractivity contribution in [3.63, 3.8) is 0 Å². The first-order chi connectivity index (χ1) is 12.4. The van der Waals surface area contributed by atoms with Gasteiger partial charge in [0.25, 0.3) is 5.69 Å². The van der Waals surface area contributed by atoms with Gasteiger partial charge in [-0.25, -0.2) is 4.39 Å². The number of rotatable bonds is 6. The number of hydrogen-bond acceptors (Lipinski definition) is 6. The summed E-state index contributed by atoms with van der Waals surface area (Å²) in [5.41, 5.74) is 1.45. The molecular formula is C18H17FN4O3. The summed E-state index contributed by atoms with van der Waals surface area (Å²) in [7, 11) is 1.89. The van der Waals surface area contributed by atoms with Gasteiger partial charge in [-0.3, -0.25) is 15.0 Å². The lowest BCUT2D eigenvalue weighted by atomic mass is 10.1. The maximum absolute atomic E-state index is 13.1. The first-order valence-electron chi connectivity index (χ1n) is 7.97. The molecule has 1 atom stereocenters. The standard InChI is InChI=1S/C18H17FN4O3/c1-12(13-6-8-15(19)9-7-13)22(2)11-17-20-18(21-26-17)14-4-3-5-16(10-14)23(24)25/h3-10,12H,11H2,1-2H3/t12-/m0/s1. The minimum atomic E-state index is -0.470. The first-order valence-corrected chi connectivity index (χ1v) is 7.97. The largest absolute Gasteiger partial charge is 0.338 e. The highest BCUT2D eigenvalue weighted by molar-refractivity contribution is 5.58. The Balaban J connectivity index is 1.72. The SMILES string of the molecule is C[C@@H](c1ccc(F)cc1)N(C)Cc1nc(-c2cccc([N+](=O)[O-])c2)no1. The van der Waals surface area contributed by atoms with E-state index in [9.17, 15) is 14.5 Å². The third-order valence-corrected chi connectivity index (χ3v) is 4.18. The molecule has 0 spiro atoms. The molecule has 0 aliphatic rings. The molecule has 0 aliphatic carbocycles. The van der Waals surface area contributed by atoms with Gasteiger partial charge in [0.05, 0.1) is 11.5 Å². The van der Waals surface area contributed by atoms with E-state index < -0.39 is 4.92 Å². The molecule has 3 rings (SSSR count). The molecule has 7 nitrogen and oxygen atoms in total. The van der Waals surface area contributed by atoms with Crippen LogP contribution >= 0.6 is 0 Å². The Labute approximate surface area is 149 Å². The van der Waals surface area contributed by atoms with Crippen molar-refractivity contribution in [1.29, 1.82) is 0 Å². The maximum Gasteiger partial charge on any atom is 0.270 e. The minimum absolute atomic E-state index is 0.0174. The third kappa shape index (κ3) is 3.92. The van der Waals surface area contributed by atoms with Crippen LogP contribution in [0, 0.1) is 15.9 Å². The second-order valence-corrected chi connectivity index (χ2v) is 5.96. The predicted molar refractivity (Wildman–Crippen MR) is 92.7 cm³/mol. The number of nitro groups is 1. The van der Waals surface area contributed by atoms with Crippen molar-refractivity contribution in [3.05, 3.63) is 75.9 Å². The minimum Gasteiger partial charge on any atom is -0.338 e. The number of aromatic nitrogens is 2. The van der Waals surface area contributed by atoms with Crippen molar-refractivity contribution >= 4 is 5.69 Å². The van der Waals surface area contributed by atoms with Crippen LogP contribution in [0.2, 0.25) is 0 Å². The van der Waals surface area contributed by atoms with Crippen LogP contribution in [0.15, 0.2) is 53.1 Å². The molecule has 1 aromatic heterocycles. The quantitative estimate of drug-likeness (QED) is 0.491. The Morgan fingerprint density at radius 3 is 2.69 bits per heavy atom. The lowest BCUT2D eigenvalue weighted by molar-refractivity contribution is -0.384. The molecule has 0 N–H and O–H groups in total. The second kappa shape index (κ2) is 7.40. The van der Waals surface area contributed by atoms with Crippen molar-refractivity contribution in [2.45, 2.75) is 19.5 Å². The number of nitro benzene ring substituents is 1. The van der Waals surface area contributed by atoms with Gasteiger partial charge in [-0.05, 0) is 31.7 Å². The Morgan fingerprint density at radius 1 is 1.27 bits per heavy atom. The van der Waals surface area contributed by atoms with Gasteiger partial charge in [-0.2, -0.15) is 4.98 Å². The van der Waals surface area contributed by atoms with E-state index in [4.69, 9.17) is 4.52 Å². The highest BCUT2D eigenvalue weighted by Gasteiger charge is 2.17. The van der Waals surface area contributed by atoms with Crippen molar-refractivity contribution in [1.82, 2.24) is 15.0 Å². The van der Waals surface area contributed by atoms with E-state index in [1.165, 1.54) is 24.3 Å². The molecule has 1 heterocycles. The average molecular weight is 356 g/mol. The van der Waals surface area contributed by atoms with E-state index in [0.29, 0.717) is 23.8 Å². The highest BCUT2D eigenvalue weighted by atomic mass is 19.1. The summed E-state index contributed by atoms with van der Waals surface area (Å²) in [6.07, 6.45) is 0. The predicted octanol–water partition coefficient (Wildman–Crippen LogP) is 3.98. The Bertz CT molecular complexity index is 911. The van der Waals surface area contributed by atoms with Crippen LogP contribution in [-0.2, 0) is 6.54 Å². The fourth-order valence-corrected chi connectivity index (χ4v) is 2.54. The van der Waals surface area contributed by atoms with Crippen molar-refractivity contribution in [2.75, 3.05) is 7.05 Å².